The van der Waals surface area contributed by atoms with Gasteiger partial charge in [0.25, 0.3) is 0 Å². The van der Waals surface area contributed by atoms with Crippen LogP contribution in [0.3, 0.4) is 0 Å². The van der Waals surface area contributed by atoms with E-state index in [2.05, 4.69) is 0 Å². The molecule has 18 heavy (non-hydrogen) atoms. The van der Waals surface area contributed by atoms with Crippen LogP contribution in [0.4, 0.5) is 4.39 Å². The van der Waals surface area contributed by atoms with E-state index in [1.165, 1.54) is 12.5 Å². The van der Waals surface area contributed by atoms with Gasteiger partial charge in [0.2, 0.25) is 0 Å². The van der Waals surface area contributed by atoms with Gasteiger partial charge in [0.15, 0.2) is 0 Å². The molecule has 0 radical (unpaired) electrons. The Labute approximate surface area is 107 Å². The maximum Gasteiger partial charge on any atom is 0.126 e. The molecule has 98 valence electrons. The van der Waals surface area contributed by atoms with Crippen LogP contribution in [0.25, 0.3) is 0 Å². The van der Waals surface area contributed by atoms with E-state index < -0.39 is 0 Å². The molecule has 0 unspecified atom stereocenters. The lowest BCUT2D eigenvalue weighted by Gasteiger charge is -2.59. The van der Waals surface area contributed by atoms with E-state index in [0.717, 1.165) is 18.4 Å². The van der Waals surface area contributed by atoms with Crippen molar-refractivity contribution in [3.8, 4) is 0 Å². The van der Waals surface area contributed by atoms with Crippen LogP contribution < -0.4 is 0 Å². The molecule has 2 aliphatic rings. The van der Waals surface area contributed by atoms with Gasteiger partial charge in [-0.1, -0.05) is 18.6 Å². The molecule has 1 N–H and O–H groups in total. The second-order valence-electron chi connectivity index (χ2n) is 5.83. The number of ether oxygens (including phenoxy) is 1. The first-order valence-corrected chi connectivity index (χ1v) is 6.59. The zero-order chi connectivity index (χ0) is 12.8. The van der Waals surface area contributed by atoms with Crippen molar-refractivity contribution in [1.82, 2.24) is 0 Å². The second kappa shape index (κ2) is 4.04. The Balaban J connectivity index is 2.03. The van der Waals surface area contributed by atoms with E-state index in [9.17, 15) is 9.50 Å². The third-order valence-electron chi connectivity index (χ3n) is 5.04. The van der Waals surface area contributed by atoms with E-state index in [0.29, 0.717) is 18.8 Å². The highest BCUT2D eigenvalue weighted by Gasteiger charge is 2.59. The number of halogens is 1. The summed E-state index contributed by atoms with van der Waals surface area (Å²) in [6.07, 6.45) is 3.26. The number of hydrogen-bond acceptors (Lipinski definition) is 2. The normalized spacial score (nSPS) is 24.2. The molecule has 0 spiro atoms. The van der Waals surface area contributed by atoms with Gasteiger partial charge in [-0.25, -0.2) is 4.39 Å². The van der Waals surface area contributed by atoms with Gasteiger partial charge in [-0.05, 0) is 37.0 Å². The molecule has 0 amide bonds. The van der Waals surface area contributed by atoms with Crippen LogP contribution in [-0.2, 0) is 10.2 Å². The fourth-order valence-corrected chi connectivity index (χ4v) is 3.42. The molecule has 1 heterocycles. The third-order valence-corrected chi connectivity index (χ3v) is 5.04. The SMILES string of the molecule is Cc1cc(C2(C3(CO)CCC3)COC2)ccc1F. The Morgan fingerprint density at radius 3 is 2.44 bits per heavy atom. The first-order chi connectivity index (χ1) is 8.63. The van der Waals surface area contributed by atoms with Crippen LogP contribution in [0.1, 0.15) is 30.4 Å². The number of benzene rings is 1. The van der Waals surface area contributed by atoms with Gasteiger partial charge in [0.1, 0.15) is 5.82 Å². The van der Waals surface area contributed by atoms with Crippen molar-refractivity contribution in [3.63, 3.8) is 0 Å². The fraction of sp³-hybridized carbons (Fsp3) is 0.600. The predicted molar refractivity (Wildman–Crippen MR) is 67.0 cm³/mol. The summed E-state index contributed by atoms with van der Waals surface area (Å²) in [5.74, 6) is -0.166. The van der Waals surface area contributed by atoms with Crippen molar-refractivity contribution in [3.05, 3.63) is 35.1 Å². The molecular weight excluding hydrogens is 231 g/mol. The smallest absolute Gasteiger partial charge is 0.126 e. The van der Waals surface area contributed by atoms with Gasteiger partial charge in [-0.3, -0.25) is 0 Å². The monoisotopic (exact) mass is 250 g/mol. The lowest BCUT2D eigenvalue weighted by Crippen LogP contribution is -2.63. The van der Waals surface area contributed by atoms with E-state index in [-0.39, 0.29) is 23.3 Å². The molecule has 0 aromatic heterocycles. The average Bonchev–Trinajstić information content (AvgIpc) is 2.25. The number of hydrogen-bond donors (Lipinski definition) is 1. The molecule has 1 saturated heterocycles. The van der Waals surface area contributed by atoms with E-state index in [4.69, 9.17) is 4.74 Å². The first-order valence-electron chi connectivity index (χ1n) is 6.59. The summed E-state index contributed by atoms with van der Waals surface area (Å²) in [4.78, 5) is 0. The highest BCUT2D eigenvalue weighted by molar-refractivity contribution is 5.36. The Bertz CT molecular complexity index is 456. The zero-order valence-electron chi connectivity index (χ0n) is 10.7. The largest absolute Gasteiger partial charge is 0.396 e. The fourth-order valence-electron chi connectivity index (χ4n) is 3.42. The third kappa shape index (κ3) is 1.41. The summed E-state index contributed by atoms with van der Waals surface area (Å²) < 4.78 is 18.8. The Kier molecular flexibility index (Phi) is 2.72. The van der Waals surface area contributed by atoms with Crippen molar-refractivity contribution in [1.29, 1.82) is 0 Å². The van der Waals surface area contributed by atoms with Crippen molar-refractivity contribution in [2.24, 2.45) is 5.41 Å². The molecule has 3 rings (SSSR count). The van der Waals surface area contributed by atoms with Crippen LogP contribution in [0.2, 0.25) is 0 Å². The molecule has 3 heteroatoms. The average molecular weight is 250 g/mol. The molecule has 2 nitrogen and oxygen atoms in total. The van der Waals surface area contributed by atoms with Gasteiger partial charge < -0.3 is 9.84 Å². The van der Waals surface area contributed by atoms with Gasteiger partial charge >= 0.3 is 0 Å². The van der Waals surface area contributed by atoms with Crippen molar-refractivity contribution >= 4 is 0 Å². The Hall–Kier alpha value is -0.930. The van der Waals surface area contributed by atoms with Gasteiger partial charge in [0, 0.05) is 17.4 Å². The summed E-state index contributed by atoms with van der Waals surface area (Å²) in [5, 5.41) is 9.79. The minimum absolute atomic E-state index is 0.0461. The quantitative estimate of drug-likeness (QED) is 0.893. The summed E-state index contributed by atoms with van der Waals surface area (Å²) in [6.45, 7) is 3.29. The van der Waals surface area contributed by atoms with Crippen LogP contribution in [-0.4, -0.2) is 24.9 Å². The van der Waals surface area contributed by atoms with Crippen LogP contribution in [0.15, 0.2) is 18.2 Å². The molecule has 1 aliphatic heterocycles. The molecule has 1 aromatic rings. The Morgan fingerprint density at radius 2 is 2.06 bits per heavy atom. The van der Waals surface area contributed by atoms with Gasteiger partial charge in [-0.2, -0.15) is 0 Å². The zero-order valence-corrected chi connectivity index (χ0v) is 10.7. The molecular formula is C15H19FO2. The topological polar surface area (TPSA) is 29.5 Å². The van der Waals surface area contributed by atoms with Crippen molar-refractivity contribution < 1.29 is 14.2 Å². The van der Waals surface area contributed by atoms with E-state index in [1.807, 2.05) is 12.1 Å². The number of aliphatic hydroxyl groups excluding tert-OH is 1. The number of rotatable bonds is 3. The molecule has 1 aliphatic carbocycles. The van der Waals surface area contributed by atoms with Gasteiger partial charge in [0.05, 0.1) is 13.2 Å². The molecule has 0 bridgehead atoms. The minimum atomic E-state index is -0.166. The summed E-state index contributed by atoms with van der Waals surface area (Å²) in [5.41, 5.74) is 1.65. The maximum atomic E-state index is 13.4. The summed E-state index contributed by atoms with van der Waals surface area (Å²) >= 11 is 0. The predicted octanol–water partition coefficient (Wildman–Crippen LogP) is 2.56. The minimum Gasteiger partial charge on any atom is -0.396 e. The second-order valence-corrected chi connectivity index (χ2v) is 5.83. The van der Waals surface area contributed by atoms with E-state index in [1.54, 1.807) is 6.92 Å². The maximum absolute atomic E-state index is 13.4. The van der Waals surface area contributed by atoms with Crippen molar-refractivity contribution in [2.45, 2.75) is 31.6 Å². The van der Waals surface area contributed by atoms with Crippen LogP contribution in [0, 0.1) is 18.2 Å². The highest BCUT2D eigenvalue weighted by atomic mass is 19.1. The van der Waals surface area contributed by atoms with Crippen molar-refractivity contribution in [2.75, 3.05) is 19.8 Å². The Morgan fingerprint density at radius 1 is 1.33 bits per heavy atom. The first kappa shape index (κ1) is 12.1. The van der Waals surface area contributed by atoms with E-state index >= 15 is 0 Å². The highest BCUT2D eigenvalue weighted by Crippen LogP contribution is 2.58. The molecule has 2 fully saturated rings. The van der Waals surface area contributed by atoms with Crippen LogP contribution >= 0.6 is 0 Å². The summed E-state index contributed by atoms with van der Waals surface area (Å²) in [6, 6.07) is 5.32. The van der Waals surface area contributed by atoms with Gasteiger partial charge in [-0.15, -0.1) is 0 Å². The molecule has 0 atom stereocenters. The standard InChI is InChI=1S/C15H19FO2/c1-11-7-12(3-4-13(11)16)15(9-18-10-15)14(8-17)5-2-6-14/h3-4,7,17H,2,5-6,8-10H2,1H3. The number of aryl methyl sites for hydroxylation is 1. The molecule has 1 saturated carbocycles. The molecule has 1 aromatic carbocycles. The summed E-state index contributed by atoms with van der Waals surface area (Å²) in [7, 11) is 0. The lowest BCUT2D eigenvalue weighted by molar-refractivity contribution is -0.173. The number of aliphatic hydroxyl groups is 1. The lowest BCUT2D eigenvalue weighted by atomic mass is 9.50. The van der Waals surface area contributed by atoms with Crippen LogP contribution in [0.5, 0.6) is 0 Å².